The molecule has 0 saturated heterocycles. The monoisotopic (exact) mass is 283 g/mol. The molecule has 2 unspecified atom stereocenters. The molecular weight excluding hydrogens is 266 g/mol. The van der Waals surface area contributed by atoms with Gasteiger partial charge in [-0.2, -0.15) is 0 Å². The molecule has 1 aromatic carbocycles. The molecule has 1 amide bonds. The molecule has 0 aromatic heterocycles. The molecule has 2 rings (SSSR count). The molecular formula is C14H18ClNO3. The van der Waals surface area contributed by atoms with Crippen LogP contribution in [0.2, 0.25) is 5.02 Å². The van der Waals surface area contributed by atoms with Crippen molar-refractivity contribution in [1.29, 1.82) is 0 Å². The summed E-state index contributed by atoms with van der Waals surface area (Å²) >= 11 is 5.90. The Bertz CT molecular complexity index is 464. The maximum atomic E-state index is 12.2. The normalized spacial score (nSPS) is 22.9. The van der Waals surface area contributed by atoms with E-state index in [0.29, 0.717) is 16.3 Å². The molecule has 0 bridgehead atoms. The summed E-state index contributed by atoms with van der Waals surface area (Å²) in [6.07, 6.45) is 3.10. The number of halogens is 1. The van der Waals surface area contributed by atoms with Crippen LogP contribution in [-0.2, 0) is 0 Å². The summed E-state index contributed by atoms with van der Waals surface area (Å²) in [5.41, 5.74) is 0.396. The predicted octanol–water partition coefficient (Wildman–Crippen LogP) is 2.38. The van der Waals surface area contributed by atoms with Gasteiger partial charge in [0.1, 0.15) is 5.75 Å². The van der Waals surface area contributed by atoms with Gasteiger partial charge in [-0.15, -0.1) is 0 Å². The van der Waals surface area contributed by atoms with E-state index in [9.17, 15) is 9.90 Å². The smallest absolute Gasteiger partial charge is 0.255 e. The van der Waals surface area contributed by atoms with Crippen molar-refractivity contribution in [2.24, 2.45) is 0 Å². The zero-order valence-corrected chi connectivity index (χ0v) is 11.6. The molecule has 1 saturated carbocycles. The minimum absolute atomic E-state index is 0.190. The van der Waals surface area contributed by atoms with Crippen molar-refractivity contribution in [3.05, 3.63) is 28.8 Å². The average Bonchev–Trinajstić information content (AvgIpc) is 2.41. The van der Waals surface area contributed by atoms with Gasteiger partial charge in [-0.05, 0) is 31.0 Å². The third-order valence-electron chi connectivity index (χ3n) is 3.45. The Balaban J connectivity index is 2.13. The van der Waals surface area contributed by atoms with Crippen LogP contribution in [0.3, 0.4) is 0 Å². The van der Waals surface area contributed by atoms with Gasteiger partial charge < -0.3 is 15.2 Å². The molecule has 104 valence electrons. The Hall–Kier alpha value is -1.26. The number of methoxy groups -OCH3 is 1. The van der Waals surface area contributed by atoms with Gasteiger partial charge in [-0.1, -0.05) is 24.4 Å². The van der Waals surface area contributed by atoms with Crippen LogP contribution >= 0.6 is 11.6 Å². The van der Waals surface area contributed by atoms with Gasteiger partial charge in [0.05, 0.1) is 24.8 Å². The fourth-order valence-electron chi connectivity index (χ4n) is 2.38. The third-order valence-corrected chi connectivity index (χ3v) is 3.69. The second kappa shape index (κ2) is 6.26. The quantitative estimate of drug-likeness (QED) is 0.895. The minimum Gasteiger partial charge on any atom is -0.496 e. The Labute approximate surface area is 117 Å². The van der Waals surface area contributed by atoms with Gasteiger partial charge in [-0.25, -0.2) is 0 Å². The van der Waals surface area contributed by atoms with Crippen molar-refractivity contribution >= 4 is 17.5 Å². The highest BCUT2D eigenvalue weighted by molar-refractivity contribution is 6.31. The largest absolute Gasteiger partial charge is 0.496 e. The van der Waals surface area contributed by atoms with E-state index in [1.54, 1.807) is 18.2 Å². The zero-order chi connectivity index (χ0) is 13.8. The lowest BCUT2D eigenvalue weighted by Gasteiger charge is -2.28. The number of carbonyl (C=O) groups is 1. The highest BCUT2D eigenvalue weighted by Gasteiger charge is 2.25. The number of aliphatic hydroxyl groups excluding tert-OH is 1. The molecule has 0 aliphatic heterocycles. The van der Waals surface area contributed by atoms with E-state index in [4.69, 9.17) is 16.3 Å². The number of benzene rings is 1. The lowest BCUT2D eigenvalue weighted by atomic mass is 9.92. The number of hydrogen-bond acceptors (Lipinski definition) is 3. The Kier molecular flexibility index (Phi) is 4.66. The van der Waals surface area contributed by atoms with Gasteiger partial charge in [0.2, 0.25) is 0 Å². The molecule has 1 aliphatic rings. The van der Waals surface area contributed by atoms with Crippen molar-refractivity contribution < 1.29 is 14.6 Å². The molecule has 5 heteroatoms. The zero-order valence-electron chi connectivity index (χ0n) is 10.9. The van der Waals surface area contributed by atoms with Gasteiger partial charge in [0.25, 0.3) is 5.91 Å². The summed E-state index contributed by atoms with van der Waals surface area (Å²) in [5.74, 6) is 0.220. The number of amides is 1. The predicted molar refractivity (Wildman–Crippen MR) is 73.7 cm³/mol. The lowest BCUT2D eigenvalue weighted by molar-refractivity contribution is 0.0715. The summed E-state index contributed by atoms with van der Waals surface area (Å²) in [6.45, 7) is 0. The summed E-state index contributed by atoms with van der Waals surface area (Å²) in [7, 11) is 1.51. The Morgan fingerprint density at radius 3 is 2.84 bits per heavy atom. The first-order valence-electron chi connectivity index (χ1n) is 6.44. The van der Waals surface area contributed by atoms with E-state index in [2.05, 4.69) is 5.32 Å². The van der Waals surface area contributed by atoms with Crippen molar-refractivity contribution in [2.45, 2.75) is 37.8 Å². The second-order valence-electron chi connectivity index (χ2n) is 4.78. The van der Waals surface area contributed by atoms with E-state index in [-0.39, 0.29) is 11.9 Å². The van der Waals surface area contributed by atoms with Crippen LogP contribution in [0.25, 0.3) is 0 Å². The van der Waals surface area contributed by atoms with Crippen LogP contribution < -0.4 is 10.1 Å². The molecule has 0 spiro atoms. The second-order valence-corrected chi connectivity index (χ2v) is 5.21. The van der Waals surface area contributed by atoms with Crippen molar-refractivity contribution in [2.75, 3.05) is 7.11 Å². The van der Waals surface area contributed by atoms with E-state index in [1.807, 2.05) is 0 Å². The highest BCUT2D eigenvalue weighted by Crippen LogP contribution is 2.24. The summed E-state index contributed by atoms with van der Waals surface area (Å²) < 4.78 is 5.16. The first kappa shape index (κ1) is 14.2. The number of hydrogen-bond donors (Lipinski definition) is 2. The molecule has 1 aromatic rings. The van der Waals surface area contributed by atoms with Crippen molar-refractivity contribution in [3.8, 4) is 5.75 Å². The molecule has 1 aliphatic carbocycles. The molecule has 0 radical (unpaired) electrons. The highest BCUT2D eigenvalue weighted by atomic mass is 35.5. The van der Waals surface area contributed by atoms with Crippen LogP contribution in [0.4, 0.5) is 0 Å². The maximum Gasteiger partial charge on any atom is 0.255 e. The molecule has 4 nitrogen and oxygen atoms in total. The van der Waals surface area contributed by atoms with E-state index < -0.39 is 6.10 Å². The number of nitrogens with one attached hydrogen (secondary N) is 1. The lowest BCUT2D eigenvalue weighted by Crippen LogP contribution is -2.45. The first-order chi connectivity index (χ1) is 9.11. The van der Waals surface area contributed by atoms with Crippen molar-refractivity contribution in [1.82, 2.24) is 5.32 Å². The van der Waals surface area contributed by atoms with E-state index in [0.717, 1.165) is 25.7 Å². The Morgan fingerprint density at radius 1 is 1.42 bits per heavy atom. The van der Waals surface area contributed by atoms with Crippen LogP contribution in [0.5, 0.6) is 5.75 Å². The number of ether oxygens (including phenoxy) is 1. The maximum absolute atomic E-state index is 12.2. The standard InChI is InChI=1S/C14H18ClNO3/c1-19-13-7-6-9(15)8-10(13)14(18)16-11-4-2-3-5-12(11)17/h6-8,11-12,17H,2-5H2,1H3,(H,16,18). The van der Waals surface area contributed by atoms with Crippen LogP contribution in [0.1, 0.15) is 36.0 Å². The number of carbonyl (C=O) groups excluding carboxylic acids is 1. The summed E-state index contributed by atoms with van der Waals surface area (Å²) in [4.78, 5) is 12.2. The Morgan fingerprint density at radius 2 is 2.16 bits per heavy atom. The van der Waals surface area contributed by atoms with Crippen LogP contribution in [-0.4, -0.2) is 30.3 Å². The molecule has 1 fully saturated rings. The van der Waals surface area contributed by atoms with E-state index in [1.165, 1.54) is 7.11 Å². The van der Waals surface area contributed by atoms with Crippen LogP contribution in [0, 0.1) is 0 Å². The fraction of sp³-hybridized carbons (Fsp3) is 0.500. The molecule has 2 atom stereocenters. The van der Waals surface area contributed by atoms with Gasteiger partial charge >= 0.3 is 0 Å². The molecule has 2 N–H and O–H groups in total. The van der Waals surface area contributed by atoms with Crippen molar-refractivity contribution in [3.63, 3.8) is 0 Å². The fourth-order valence-corrected chi connectivity index (χ4v) is 2.56. The molecule has 19 heavy (non-hydrogen) atoms. The number of aliphatic hydroxyl groups is 1. The molecule has 0 heterocycles. The van der Waals surface area contributed by atoms with Gasteiger partial charge in [-0.3, -0.25) is 4.79 Å². The summed E-state index contributed by atoms with van der Waals surface area (Å²) in [5, 5.41) is 13.2. The minimum atomic E-state index is -0.470. The number of rotatable bonds is 3. The summed E-state index contributed by atoms with van der Waals surface area (Å²) in [6, 6.07) is 4.72. The van der Waals surface area contributed by atoms with Gasteiger partial charge in [0.15, 0.2) is 0 Å². The third kappa shape index (κ3) is 3.39. The average molecular weight is 284 g/mol. The SMILES string of the molecule is COc1ccc(Cl)cc1C(=O)NC1CCCCC1O. The van der Waals surface area contributed by atoms with Crippen LogP contribution in [0.15, 0.2) is 18.2 Å². The van der Waals surface area contributed by atoms with E-state index >= 15 is 0 Å². The first-order valence-corrected chi connectivity index (χ1v) is 6.82. The topological polar surface area (TPSA) is 58.6 Å². The van der Waals surface area contributed by atoms with Gasteiger partial charge in [0, 0.05) is 5.02 Å².